The molecule has 104 valence electrons. The van der Waals surface area contributed by atoms with E-state index in [1.54, 1.807) is 11.3 Å². The Hall–Kier alpha value is -1.95. The zero-order valence-electron chi connectivity index (χ0n) is 11.7. The first-order valence-corrected chi connectivity index (χ1v) is 7.70. The molecule has 0 radical (unpaired) electrons. The molecule has 3 heterocycles. The molecule has 0 fully saturated rings. The summed E-state index contributed by atoms with van der Waals surface area (Å²) in [4.78, 5) is 2.17. The highest BCUT2D eigenvalue weighted by molar-refractivity contribution is 7.08. The Balaban J connectivity index is 1.99. The van der Waals surface area contributed by atoms with Crippen LogP contribution in [-0.4, -0.2) is 33.4 Å². The molecular weight excluding hydrogens is 270 g/mol. The van der Waals surface area contributed by atoms with Crippen molar-refractivity contribution < 1.29 is 0 Å². The highest BCUT2D eigenvalue weighted by atomic mass is 32.1. The first kappa shape index (κ1) is 13.1. The minimum absolute atomic E-state index is 0.777. The summed E-state index contributed by atoms with van der Waals surface area (Å²) in [5, 5.41) is 17.2. The molecule has 0 unspecified atom stereocenters. The van der Waals surface area contributed by atoms with Gasteiger partial charge in [-0.15, -0.1) is 15.3 Å². The van der Waals surface area contributed by atoms with Crippen molar-refractivity contribution in [1.82, 2.24) is 19.8 Å². The van der Waals surface area contributed by atoms with Crippen molar-refractivity contribution in [2.45, 2.75) is 19.8 Å². The molecule has 0 atom stereocenters. The van der Waals surface area contributed by atoms with Crippen molar-refractivity contribution >= 4 is 22.8 Å². The van der Waals surface area contributed by atoms with Gasteiger partial charge in [-0.25, -0.2) is 0 Å². The normalized spacial score (nSPS) is 11.1. The number of unbranched alkanes of at least 4 members (excludes halogenated alkanes) is 1. The third-order valence-electron chi connectivity index (χ3n) is 3.27. The maximum atomic E-state index is 4.67. The predicted molar refractivity (Wildman–Crippen MR) is 82.3 cm³/mol. The van der Waals surface area contributed by atoms with Gasteiger partial charge in [-0.3, -0.25) is 0 Å². The topological polar surface area (TPSA) is 46.3 Å². The third-order valence-corrected chi connectivity index (χ3v) is 3.95. The zero-order valence-corrected chi connectivity index (χ0v) is 12.5. The molecule has 0 saturated heterocycles. The first-order valence-electron chi connectivity index (χ1n) is 6.75. The molecule has 0 aliphatic carbocycles. The van der Waals surface area contributed by atoms with Gasteiger partial charge in [0.05, 0.1) is 0 Å². The van der Waals surface area contributed by atoms with Gasteiger partial charge < -0.3 is 4.90 Å². The molecule has 0 aliphatic rings. The van der Waals surface area contributed by atoms with Crippen molar-refractivity contribution in [3.8, 4) is 11.4 Å². The van der Waals surface area contributed by atoms with Gasteiger partial charge in [-0.1, -0.05) is 13.3 Å². The number of aromatic nitrogens is 4. The van der Waals surface area contributed by atoms with Gasteiger partial charge >= 0.3 is 0 Å². The van der Waals surface area contributed by atoms with Crippen LogP contribution >= 0.6 is 11.3 Å². The summed E-state index contributed by atoms with van der Waals surface area (Å²) in [6.45, 7) is 3.20. The lowest BCUT2D eigenvalue weighted by atomic mass is 10.3. The molecule has 0 spiro atoms. The fraction of sp³-hybridized carbons (Fsp3) is 0.357. The maximum Gasteiger partial charge on any atom is 0.186 e. The van der Waals surface area contributed by atoms with Gasteiger partial charge in [0.15, 0.2) is 11.5 Å². The van der Waals surface area contributed by atoms with Crippen LogP contribution in [0.3, 0.4) is 0 Å². The van der Waals surface area contributed by atoms with E-state index in [-0.39, 0.29) is 0 Å². The SMILES string of the molecule is CCCCN(C)c1ccc2nnc(-c3ccsc3)n2n1. The van der Waals surface area contributed by atoms with Crippen molar-refractivity contribution in [2.75, 3.05) is 18.5 Å². The van der Waals surface area contributed by atoms with Gasteiger partial charge in [0, 0.05) is 24.5 Å². The van der Waals surface area contributed by atoms with Gasteiger partial charge in [0.25, 0.3) is 0 Å². The number of nitrogens with zero attached hydrogens (tertiary/aromatic N) is 5. The lowest BCUT2D eigenvalue weighted by molar-refractivity contribution is 0.748. The van der Waals surface area contributed by atoms with Crippen LogP contribution in [0, 0.1) is 0 Å². The molecule has 0 aromatic carbocycles. The fourth-order valence-corrected chi connectivity index (χ4v) is 2.70. The number of hydrogen-bond donors (Lipinski definition) is 0. The molecule has 0 aliphatic heterocycles. The van der Waals surface area contributed by atoms with Crippen LogP contribution in [0.15, 0.2) is 29.0 Å². The number of thiophene rings is 1. The average molecular weight is 287 g/mol. The van der Waals surface area contributed by atoms with E-state index in [4.69, 9.17) is 0 Å². The smallest absolute Gasteiger partial charge is 0.186 e. The second-order valence-electron chi connectivity index (χ2n) is 4.77. The largest absolute Gasteiger partial charge is 0.358 e. The number of hydrogen-bond acceptors (Lipinski definition) is 5. The standard InChI is InChI=1S/C14H17N5S/c1-3-4-8-18(2)13-6-5-12-15-16-14(19(12)17-13)11-7-9-20-10-11/h5-7,9-10H,3-4,8H2,1-2H3. The maximum absolute atomic E-state index is 4.67. The highest BCUT2D eigenvalue weighted by Gasteiger charge is 2.11. The Bertz CT molecular complexity index is 689. The summed E-state index contributed by atoms with van der Waals surface area (Å²) < 4.78 is 1.82. The zero-order chi connectivity index (χ0) is 13.9. The Morgan fingerprint density at radius 3 is 2.90 bits per heavy atom. The van der Waals surface area contributed by atoms with Crippen LogP contribution in [0.25, 0.3) is 17.0 Å². The molecule has 0 N–H and O–H groups in total. The van der Waals surface area contributed by atoms with Gasteiger partial charge in [0.1, 0.15) is 5.82 Å². The quantitative estimate of drug-likeness (QED) is 0.723. The second kappa shape index (κ2) is 5.58. The fourth-order valence-electron chi connectivity index (χ4n) is 2.06. The Kier molecular flexibility index (Phi) is 3.64. The van der Waals surface area contributed by atoms with Crippen molar-refractivity contribution in [3.05, 3.63) is 29.0 Å². The predicted octanol–water partition coefficient (Wildman–Crippen LogP) is 3.09. The van der Waals surface area contributed by atoms with Crippen LogP contribution in [0.5, 0.6) is 0 Å². The Morgan fingerprint density at radius 1 is 1.25 bits per heavy atom. The highest BCUT2D eigenvalue weighted by Crippen LogP contribution is 2.21. The van der Waals surface area contributed by atoms with Crippen LogP contribution in [0.2, 0.25) is 0 Å². The third kappa shape index (κ3) is 2.38. The molecule has 0 amide bonds. The lowest BCUT2D eigenvalue weighted by Gasteiger charge is -2.17. The van der Waals surface area contributed by atoms with E-state index in [9.17, 15) is 0 Å². The molecule has 5 nitrogen and oxygen atoms in total. The molecule has 0 bridgehead atoms. The number of rotatable bonds is 5. The van der Waals surface area contributed by atoms with E-state index in [0.29, 0.717) is 0 Å². The molecule has 0 saturated carbocycles. The monoisotopic (exact) mass is 287 g/mol. The average Bonchev–Trinajstić information content (AvgIpc) is 3.12. The van der Waals surface area contributed by atoms with E-state index in [1.807, 2.05) is 28.1 Å². The summed E-state index contributed by atoms with van der Waals surface area (Å²) in [5.41, 5.74) is 1.84. The minimum atomic E-state index is 0.777. The van der Waals surface area contributed by atoms with Gasteiger partial charge in [-0.05, 0) is 30.0 Å². The number of anilines is 1. The van der Waals surface area contributed by atoms with E-state index in [1.165, 1.54) is 6.42 Å². The van der Waals surface area contributed by atoms with E-state index < -0.39 is 0 Å². The van der Waals surface area contributed by atoms with E-state index in [2.05, 4.69) is 39.5 Å². The van der Waals surface area contributed by atoms with Crippen molar-refractivity contribution in [3.63, 3.8) is 0 Å². The summed E-state index contributed by atoms with van der Waals surface area (Å²) in [5.74, 6) is 1.74. The minimum Gasteiger partial charge on any atom is -0.358 e. The summed E-state index contributed by atoms with van der Waals surface area (Å²) >= 11 is 1.65. The van der Waals surface area contributed by atoms with Crippen molar-refractivity contribution in [1.29, 1.82) is 0 Å². The van der Waals surface area contributed by atoms with E-state index >= 15 is 0 Å². The molecule has 3 aromatic rings. The van der Waals surface area contributed by atoms with Crippen LogP contribution < -0.4 is 4.90 Å². The summed E-state index contributed by atoms with van der Waals surface area (Å²) in [6, 6.07) is 6.00. The van der Waals surface area contributed by atoms with Crippen molar-refractivity contribution in [2.24, 2.45) is 0 Å². The molecular formula is C14H17N5S. The Labute approximate surface area is 121 Å². The number of fused-ring (bicyclic) bond motifs is 1. The molecule has 3 rings (SSSR count). The molecule has 3 aromatic heterocycles. The molecule has 6 heteroatoms. The lowest BCUT2D eigenvalue weighted by Crippen LogP contribution is -2.20. The first-order chi connectivity index (χ1) is 9.79. The van der Waals surface area contributed by atoms with Gasteiger partial charge in [0.2, 0.25) is 0 Å². The van der Waals surface area contributed by atoms with Crippen LogP contribution in [0.1, 0.15) is 19.8 Å². The van der Waals surface area contributed by atoms with Gasteiger partial charge in [-0.2, -0.15) is 15.9 Å². The second-order valence-corrected chi connectivity index (χ2v) is 5.55. The van der Waals surface area contributed by atoms with E-state index in [0.717, 1.165) is 35.8 Å². The Morgan fingerprint density at radius 2 is 2.15 bits per heavy atom. The molecule has 20 heavy (non-hydrogen) atoms. The van der Waals surface area contributed by atoms with Crippen LogP contribution in [0.4, 0.5) is 5.82 Å². The summed E-state index contributed by atoms with van der Waals surface area (Å²) in [7, 11) is 2.07. The van der Waals surface area contributed by atoms with Crippen LogP contribution in [-0.2, 0) is 0 Å². The summed E-state index contributed by atoms with van der Waals surface area (Å²) in [6.07, 6.45) is 2.34.